The van der Waals surface area contributed by atoms with Gasteiger partial charge in [-0.2, -0.15) is 15.0 Å². The van der Waals surface area contributed by atoms with Gasteiger partial charge in [0.1, 0.15) is 12.4 Å². The minimum absolute atomic E-state index is 0.0769. The number of aromatic nitrogens is 3. The number of fused-ring (bicyclic) bond motifs is 1. The minimum Gasteiger partial charge on any atom is -0.486 e. The van der Waals surface area contributed by atoms with Gasteiger partial charge < -0.3 is 19.3 Å². The van der Waals surface area contributed by atoms with Crippen LogP contribution in [0.3, 0.4) is 0 Å². The molecule has 0 saturated carbocycles. The lowest BCUT2D eigenvalue weighted by Gasteiger charge is -2.31. The van der Waals surface area contributed by atoms with Crippen molar-refractivity contribution in [3.63, 3.8) is 0 Å². The van der Waals surface area contributed by atoms with Gasteiger partial charge >= 0.3 is 0 Å². The van der Waals surface area contributed by atoms with Crippen LogP contribution in [0.15, 0.2) is 24.3 Å². The lowest BCUT2D eigenvalue weighted by molar-refractivity contribution is 0.0951. The molecule has 1 aliphatic heterocycles. The van der Waals surface area contributed by atoms with Crippen molar-refractivity contribution in [2.24, 2.45) is 0 Å². The van der Waals surface area contributed by atoms with Crippen molar-refractivity contribution in [1.29, 1.82) is 0 Å². The maximum Gasteiger partial charge on any atom is 0.230 e. The monoisotopic (exact) mass is 357 g/mol. The number of para-hydroxylation sites is 2. The first-order chi connectivity index (χ1) is 12.5. The van der Waals surface area contributed by atoms with E-state index < -0.39 is 0 Å². The summed E-state index contributed by atoms with van der Waals surface area (Å²) in [6.45, 7) is 8.20. The number of rotatable bonds is 6. The van der Waals surface area contributed by atoms with E-state index in [0.717, 1.165) is 23.9 Å². The van der Waals surface area contributed by atoms with Crippen molar-refractivity contribution >= 4 is 11.9 Å². The van der Waals surface area contributed by atoms with Crippen molar-refractivity contribution in [2.75, 3.05) is 43.6 Å². The van der Waals surface area contributed by atoms with Gasteiger partial charge in [-0.3, -0.25) is 0 Å². The number of nitrogens with zero attached hydrogens (tertiary/aromatic N) is 5. The molecule has 0 amide bonds. The Balaban J connectivity index is 1.81. The maximum atomic E-state index is 6.09. The van der Waals surface area contributed by atoms with Gasteiger partial charge in [-0.1, -0.05) is 26.0 Å². The summed E-state index contributed by atoms with van der Waals surface area (Å²) in [5.41, 5.74) is 0. The van der Waals surface area contributed by atoms with E-state index in [9.17, 15) is 0 Å². The molecule has 0 fully saturated rings. The Morgan fingerprint density at radius 2 is 1.77 bits per heavy atom. The molecule has 7 nitrogen and oxygen atoms in total. The topological polar surface area (TPSA) is 63.6 Å². The van der Waals surface area contributed by atoms with E-state index in [1.54, 1.807) is 0 Å². The highest BCUT2D eigenvalue weighted by Crippen LogP contribution is 2.31. The van der Waals surface area contributed by atoms with Crippen LogP contribution in [-0.2, 0) is 0 Å². The number of hydrogen-bond donors (Lipinski definition) is 0. The molecule has 0 radical (unpaired) electrons. The summed E-state index contributed by atoms with van der Waals surface area (Å²) >= 11 is 0. The van der Waals surface area contributed by atoms with E-state index in [1.165, 1.54) is 0 Å². The molecule has 7 heteroatoms. The highest BCUT2D eigenvalue weighted by atomic mass is 16.6. The van der Waals surface area contributed by atoms with Gasteiger partial charge in [0, 0.05) is 26.6 Å². The van der Waals surface area contributed by atoms with Crippen molar-refractivity contribution in [1.82, 2.24) is 15.0 Å². The lowest BCUT2D eigenvalue weighted by Crippen LogP contribution is -2.42. The normalized spacial score (nSPS) is 15.8. The van der Waals surface area contributed by atoms with Crippen LogP contribution in [0.25, 0.3) is 0 Å². The Morgan fingerprint density at radius 1 is 1.08 bits per heavy atom. The summed E-state index contributed by atoms with van der Waals surface area (Å²) in [4.78, 5) is 17.9. The summed E-state index contributed by atoms with van der Waals surface area (Å²) in [5.74, 6) is 3.95. The Morgan fingerprint density at radius 3 is 2.42 bits per heavy atom. The van der Waals surface area contributed by atoms with Crippen molar-refractivity contribution in [3.8, 4) is 11.5 Å². The molecule has 1 aliphatic rings. The number of ether oxygens (including phenoxy) is 2. The van der Waals surface area contributed by atoms with Crippen molar-refractivity contribution < 1.29 is 9.47 Å². The Kier molecular flexibility index (Phi) is 5.44. The molecule has 0 spiro atoms. The summed E-state index contributed by atoms with van der Waals surface area (Å²) in [6, 6.07) is 7.75. The third-order valence-corrected chi connectivity index (χ3v) is 4.20. The molecule has 2 aromatic rings. The van der Waals surface area contributed by atoms with Gasteiger partial charge in [-0.25, -0.2) is 0 Å². The fourth-order valence-corrected chi connectivity index (χ4v) is 2.72. The van der Waals surface area contributed by atoms with Crippen LogP contribution in [0.4, 0.5) is 11.9 Å². The maximum absolute atomic E-state index is 6.09. The van der Waals surface area contributed by atoms with Crippen LogP contribution in [0, 0.1) is 0 Å². The Hall–Kier alpha value is -2.57. The molecule has 0 N–H and O–H groups in total. The molecule has 26 heavy (non-hydrogen) atoms. The van der Waals surface area contributed by atoms with Gasteiger partial charge in [0.15, 0.2) is 17.6 Å². The zero-order valence-electron chi connectivity index (χ0n) is 16.1. The molecule has 140 valence electrons. The SMILES string of the molecule is CCN(CC1COc2ccccc2O1)c1nc(C(C)C)nc(N(C)C)n1. The number of likely N-dealkylation sites (N-methyl/N-ethyl adjacent to an activating group) is 1. The Labute approximate surface area is 155 Å². The van der Waals surface area contributed by atoms with Gasteiger partial charge in [-0.05, 0) is 19.1 Å². The number of benzene rings is 1. The minimum atomic E-state index is -0.0769. The Bertz CT molecular complexity index is 724. The smallest absolute Gasteiger partial charge is 0.230 e. The van der Waals surface area contributed by atoms with E-state index in [2.05, 4.69) is 40.6 Å². The van der Waals surface area contributed by atoms with Crippen LogP contribution in [0.1, 0.15) is 32.5 Å². The first-order valence-corrected chi connectivity index (χ1v) is 9.04. The van der Waals surface area contributed by atoms with Crippen LogP contribution >= 0.6 is 0 Å². The van der Waals surface area contributed by atoms with E-state index in [0.29, 0.717) is 25.0 Å². The predicted octanol–water partition coefficient (Wildman–Crippen LogP) is 2.73. The summed E-state index contributed by atoms with van der Waals surface area (Å²) in [6.07, 6.45) is -0.0769. The third kappa shape index (κ3) is 3.98. The van der Waals surface area contributed by atoms with Crippen molar-refractivity contribution in [2.45, 2.75) is 32.8 Å². The second kappa shape index (κ2) is 7.76. The molecule has 1 aromatic heterocycles. The van der Waals surface area contributed by atoms with Crippen LogP contribution in [0.2, 0.25) is 0 Å². The fourth-order valence-electron chi connectivity index (χ4n) is 2.72. The van der Waals surface area contributed by atoms with Crippen molar-refractivity contribution in [3.05, 3.63) is 30.1 Å². The molecule has 3 rings (SSSR count). The molecular formula is C19H27N5O2. The van der Waals surface area contributed by atoms with E-state index >= 15 is 0 Å². The van der Waals surface area contributed by atoms with Gasteiger partial charge in [0.2, 0.25) is 11.9 Å². The average molecular weight is 357 g/mol. The zero-order valence-corrected chi connectivity index (χ0v) is 16.1. The zero-order chi connectivity index (χ0) is 18.7. The highest BCUT2D eigenvalue weighted by Gasteiger charge is 2.24. The average Bonchev–Trinajstić information content (AvgIpc) is 2.65. The predicted molar refractivity (Wildman–Crippen MR) is 102 cm³/mol. The van der Waals surface area contributed by atoms with Crippen LogP contribution in [-0.4, -0.2) is 54.8 Å². The molecule has 0 aliphatic carbocycles. The number of anilines is 2. The summed E-state index contributed by atoms with van der Waals surface area (Å²) in [5, 5.41) is 0. The first kappa shape index (κ1) is 18.2. The molecule has 1 aromatic carbocycles. The standard InChI is InChI=1S/C19H27N5O2/c1-6-24(11-14-12-25-15-9-7-8-10-16(15)26-14)19-21-17(13(2)3)20-18(22-19)23(4)5/h7-10,13-14H,6,11-12H2,1-5H3. The second-order valence-corrected chi connectivity index (χ2v) is 6.88. The van der Waals surface area contributed by atoms with Crippen LogP contribution < -0.4 is 19.3 Å². The molecule has 2 heterocycles. The van der Waals surface area contributed by atoms with Gasteiger partial charge in [0.25, 0.3) is 0 Å². The van der Waals surface area contributed by atoms with Gasteiger partial charge in [-0.15, -0.1) is 0 Å². The molecule has 0 bridgehead atoms. The van der Waals surface area contributed by atoms with E-state index in [-0.39, 0.29) is 12.0 Å². The molecular weight excluding hydrogens is 330 g/mol. The first-order valence-electron chi connectivity index (χ1n) is 9.04. The fraction of sp³-hybridized carbons (Fsp3) is 0.526. The highest BCUT2D eigenvalue weighted by molar-refractivity contribution is 5.42. The molecule has 1 unspecified atom stereocenters. The van der Waals surface area contributed by atoms with Crippen LogP contribution in [0.5, 0.6) is 11.5 Å². The van der Waals surface area contributed by atoms with E-state index in [1.807, 2.05) is 43.3 Å². The summed E-state index contributed by atoms with van der Waals surface area (Å²) in [7, 11) is 3.88. The van der Waals surface area contributed by atoms with E-state index in [4.69, 9.17) is 9.47 Å². The molecule has 1 atom stereocenters. The second-order valence-electron chi connectivity index (χ2n) is 6.88. The van der Waals surface area contributed by atoms with Gasteiger partial charge in [0.05, 0.1) is 6.54 Å². The number of hydrogen-bond acceptors (Lipinski definition) is 7. The lowest BCUT2D eigenvalue weighted by atomic mass is 10.2. The largest absolute Gasteiger partial charge is 0.486 e. The third-order valence-electron chi connectivity index (χ3n) is 4.20. The molecule has 0 saturated heterocycles. The summed E-state index contributed by atoms with van der Waals surface area (Å²) < 4.78 is 11.9. The quantitative estimate of drug-likeness (QED) is 0.787.